The number of hydrogen-bond acceptors (Lipinski definition) is 5. The molecule has 130 valence electrons. The smallest absolute Gasteiger partial charge is 0.175 e. The fraction of sp³-hybridized carbons (Fsp3) is 0.263. The van der Waals surface area contributed by atoms with Gasteiger partial charge in [-0.2, -0.15) is 0 Å². The molecule has 3 aromatic rings. The third kappa shape index (κ3) is 4.14. The Kier molecular flexibility index (Phi) is 4.99. The van der Waals surface area contributed by atoms with Crippen molar-refractivity contribution in [2.75, 3.05) is 11.6 Å². The molecule has 0 spiro atoms. The molecule has 0 aliphatic heterocycles. The Morgan fingerprint density at radius 1 is 1.08 bits per heavy atom. The van der Waals surface area contributed by atoms with E-state index in [0.29, 0.717) is 5.82 Å². The van der Waals surface area contributed by atoms with Crippen LogP contribution < -0.4 is 5.32 Å². The van der Waals surface area contributed by atoms with Gasteiger partial charge in [-0.1, -0.05) is 37.3 Å². The summed E-state index contributed by atoms with van der Waals surface area (Å²) < 4.78 is 23.7. The second-order valence-electron chi connectivity index (χ2n) is 6.11. The highest BCUT2D eigenvalue weighted by Gasteiger charge is 2.14. The van der Waals surface area contributed by atoms with Crippen LogP contribution in [-0.2, 0) is 16.3 Å². The normalized spacial score (nSPS) is 12.9. The van der Waals surface area contributed by atoms with Crippen LogP contribution in [0.3, 0.4) is 0 Å². The number of hydrogen-bond donors (Lipinski definition) is 1. The minimum atomic E-state index is -3.28. The van der Waals surface area contributed by atoms with E-state index in [2.05, 4.69) is 34.3 Å². The molecule has 6 heteroatoms. The first-order chi connectivity index (χ1) is 12.0. The molecule has 1 N–H and O–H groups in total. The van der Waals surface area contributed by atoms with Crippen molar-refractivity contribution in [2.24, 2.45) is 0 Å². The third-order valence-electron chi connectivity index (χ3n) is 4.19. The average Bonchev–Trinajstić information content (AvgIpc) is 2.61. The molecule has 0 bridgehead atoms. The molecule has 5 nitrogen and oxygen atoms in total. The highest BCUT2D eigenvalue weighted by molar-refractivity contribution is 7.90. The Morgan fingerprint density at radius 3 is 2.52 bits per heavy atom. The quantitative estimate of drug-likeness (QED) is 0.733. The SMILES string of the molecule is CC[C@@H](Cc1ccccc1)Nc1ncnc2ccc(S(C)(=O)=O)cc12. The van der Waals surface area contributed by atoms with Gasteiger partial charge in [0.15, 0.2) is 9.84 Å². The van der Waals surface area contributed by atoms with E-state index in [4.69, 9.17) is 0 Å². The van der Waals surface area contributed by atoms with E-state index in [1.54, 1.807) is 18.2 Å². The van der Waals surface area contributed by atoms with Gasteiger partial charge in [0.05, 0.1) is 10.4 Å². The number of aromatic nitrogens is 2. The van der Waals surface area contributed by atoms with E-state index in [1.807, 2.05) is 18.2 Å². The molecule has 0 aliphatic rings. The van der Waals surface area contributed by atoms with E-state index in [0.717, 1.165) is 23.7 Å². The summed E-state index contributed by atoms with van der Waals surface area (Å²) in [5, 5.41) is 4.17. The predicted molar refractivity (Wildman–Crippen MR) is 100 cm³/mol. The summed E-state index contributed by atoms with van der Waals surface area (Å²) >= 11 is 0. The van der Waals surface area contributed by atoms with E-state index >= 15 is 0 Å². The highest BCUT2D eigenvalue weighted by atomic mass is 32.2. The van der Waals surface area contributed by atoms with Crippen molar-refractivity contribution >= 4 is 26.6 Å². The fourth-order valence-electron chi connectivity index (χ4n) is 2.77. The Balaban J connectivity index is 1.94. The van der Waals surface area contributed by atoms with Gasteiger partial charge >= 0.3 is 0 Å². The first-order valence-corrected chi connectivity index (χ1v) is 10.1. The standard InChI is InChI=1S/C19H21N3O2S/c1-3-15(11-14-7-5-4-6-8-14)22-19-17-12-16(25(2,23)24)9-10-18(17)20-13-21-19/h4-10,12-13,15H,3,11H2,1-2H3,(H,20,21,22)/t15-/m0/s1. The molecular formula is C19H21N3O2S. The lowest BCUT2D eigenvalue weighted by Gasteiger charge is -2.19. The van der Waals surface area contributed by atoms with Crippen molar-refractivity contribution in [1.82, 2.24) is 9.97 Å². The average molecular weight is 355 g/mol. The van der Waals surface area contributed by atoms with E-state index < -0.39 is 9.84 Å². The maximum atomic E-state index is 11.8. The van der Waals surface area contributed by atoms with Crippen LogP contribution in [-0.4, -0.2) is 30.7 Å². The second kappa shape index (κ2) is 7.19. The van der Waals surface area contributed by atoms with Gasteiger partial charge in [0.2, 0.25) is 0 Å². The summed E-state index contributed by atoms with van der Waals surface area (Å²) in [6.07, 6.45) is 4.50. The van der Waals surface area contributed by atoms with Crippen LogP contribution >= 0.6 is 0 Å². The second-order valence-corrected chi connectivity index (χ2v) is 8.13. The minimum Gasteiger partial charge on any atom is -0.366 e. The van der Waals surface area contributed by atoms with Gasteiger partial charge < -0.3 is 5.32 Å². The van der Waals surface area contributed by atoms with Crippen LogP contribution in [0.5, 0.6) is 0 Å². The first kappa shape index (κ1) is 17.4. The van der Waals surface area contributed by atoms with Crippen molar-refractivity contribution < 1.29 is 8.42 Å². The lowest BCUT2D eigenvalue weighted by atomic mass is 10.0. The van der Waals surface area contributed by atoms with Gasteiger partial charge in [-0.3, -0.25) is 0 Å². The highest BCUT2D eigenvalue weighted by Crippen LogP contribution is 2.24. The molecule has 0 aliphatic carbocycles. The molecular weight excluding hydrogens is 334 g/mol. The molecule has 0 fully saturated rings. The number of rotatable bonds is 6. The van der Waals surface area contributed by atoms with Crippen molar-refractivity contribution in [3.63, 3.8) is 0 Å². The maximum absolute atomic E-state index is 11.8. The van der Waals surface area contributed by atoms with Gasteiger partial charge in [0.25, 0.3) is 0 Å². The molecule has 1 heterocycles. The number of nitrogens with one attached hydrogen (secondary N) is 1. The Morgan fingerprint density at radius 2 is 1.84 bits per heavy atom. The number of nitrogens with zero attached hydrogens (tertiary/aromatic N) is 2. The Bertz CT molecular complexity index is 972. The van der Waals surface area contributed by atoms with Crippen LogP contribution in [0.15, 0.2) is 59.8 Å². The summed E-state index contributed by atoms with van der Waals surface area (Å²) in [5.41, 5.74) is 1.97. The number of sulfone groups is 1. The van der Waals surface area contributed by atoms with E-state index in [1.165, 1.54) is 18.1 Å². The molecule has 25 heavy (non-hydrogen) atoms. The van der Waals surface area contributed by atoms with E-state index in [9.17, 15) is 8.42 Å². The van der Waals surface area contributed by atoms with Crippen molar-refractivity contribution in [3.8, 4) is 0 Å². The van der Waals surface area contributed by atoms with Crippen LogP contribution in [0.1, 0.15) is 18.9 Å². The summed E-state index contributed by atoms with van der Waals surface area (Å²) in [6.45, 7) is 2.12. The minimum absolute atomic E-state index is 0.197. The molecule has 0 saturated carbocycles. The predicted octanol–water partition coefficient (Wildman–Crippen LogP) is 3.47. The maximum Gasteiger partial charge on any atom is 0.175 e. The monoisotopic (exact) mass is 355 g/mol. The summed E-state index contributed by atoms with van der Waals surface area (Å²) in [6, 6.07) is 15.4. The van der Waals surface area contributed by atoms with Gasteiger partial charge in [0, 0.05) is 17.7 Å². The Labute approximate surface area is 148 Å². The van der Waals surface area contributed by atoms with E-state index in [-0.39, 0.29) is 10.9 Å². The van der Waals surface area contributed by atoms with Crippen molar-refractivity contribution in [3.05, 3.63) is 60.4 Å². The molecule has 2 aromatic carbocycles. The molecule has 0 unspecified atom stereocenters. The number of fused-ring (bicyclic) bond motifs is 1. The van der Waals surface area contributed by atoms with Crippen molar-refractivity contribution in [1.29, 1.82) is 0 Å². The molecule has 1 aromatic heterocycles. The van der Waals surface area contributed by atoms with Crippen LogP contribution in [0.25, 0.3) is 10.9 Å². The first-order valence-electron chi connectivity index (χ1n) is 8.22. The number of anilines is 1. The Hall–Kier alpha value is -2.47. The molecule has 0 radical (unpaired) electrons. The topological polar surface area (TPSA) is 72.0 Å². The third-order valence-corrected chi connectivity index (χ3v) is 5.30. The van der Waals surface area contributed by atoms with Gasteiger partial charge in [0.1, 0.15) is 12.1 Å². The van der Waals surface area contributed by atoms with Crippen molar-refractivity contribution in [2.45, 2.75) is 30.7 Å². The number of benzene rings is 2. The molecule has 1 atom stereocenters. The zero-order valence-electron chi connectivity index (χ0n) is 14.3. The largest absolute Gasteiger partial charge is 0.366 e. The molecule has 3 rings (SSSR count). The fourth-order valence-corrected chi connectivity index (χ4v) is 3.42. The van der Waals surface area contributed by atoms with Gasteiger partial charge in [-0.25, -0.2) is 18.4 Å². The summed E-state index contributed by atoms with van der Waals surface area (Å²) in [7, 11) is -3.28. The zero-order chi connectivity index (χ0) is 17.9. The molecule has 0 amide bonds. The summed E-state index contributed by atoms with van der Waals surface area (Å²) in [5.74, 6) is 0.665. The van der Waals surface area contributed by atoms with Gasteiger partial charge in [-0.05, 0) is 36.6 Å². The molecule has 0 saturated heterocycles. The lowest BCUT2D eigenvalue weighted by molar-refractivity contribution is 0.602. The zero-order valence-corrected chi connectivity index (χ0v) is 15.1. The summed E-state index contributed by atoms with van der Waals surface area (Å²) in [4.78, 5) is 8.85. The van der Waals surface area contributed by atoms with Crippen LogP contribution in [0.2, 0.25) is 0 Å². The van der Waals surface area contributed by atoms with Crippen LogP contribution in [0, 0.1) is 0 Å². The van der Waals surface area contributed by atoms with Crippen LogP contribution in [0.4, 0.5) is 5.82 Å². The van der Waals surface area contributed by atoms with Gasteiger partial charge in [-0.15, -0.1) is 0 Å². The lowest BCUT2D eigenvalue weighted by Crippen LogP contribution is -2.22.